The number of hydrogen-bond donors (Lipinski definition) is 3. The number of benzene rings is 1. The molecule has 0 radical (unpaired) electrons. The fourth-order valence-corrected chi connectivity index (χ4v) is 2.13. The van der Waals surface area contributed by atoms with E-state index in [9.17, 15) is 0 Å². The van der Waals surface area contributed by atoms with Crippen molar-refractivity contribution in [3.05, 3.63) is 23.8 Å². The van der Waals surface area contributed by atoms with Crippen LogP contribution in [-0.4, -0.2) is 18.3 Å². The Labute approximate surface area is 96.7 Å². The standard InChI is InChI=1S/C13H20N2O/c1-10-6-11(14)8-12(7-10)15-9-13(2-3-13)4-5-16/h6-8,15-16H,2-5,9,14H2,1H3. The summed E-state index contributed by atoms with van der Waals surface area (Å²) in [7, 11) is 0. The van der Waals surface area contributed by atoms with Crippen molar-refractivity contribution < 1.29 is 5.11 Å². The number of nitrogen functional groups attached to an aromatic ring is 1. The molecule has 0 amide bonds. The maximum absolute atomic E-state index is 8.98. The molecule has 16 heavy (non-hydrogen) atoms. The first-order valence-electron chi connectivity index (χ1n) is 5.85. The lowest BCUT2D eigenvalue weighted by Crippen LogP contribution is -2.16. The molecule has 0 aliphatic heterocycles. The highest BCUT2D eigenvalue weighted by molar-refractivity contribution is 5.56. The zero-order valence-electron chi connectivity index (χ0n) is 9.79. The first kappa shape index (κ1) is 11.3. The molecule has 2 rings (SSSR count). The van der Waals surface area contributed by atoms with E-state index >= 15 is 0 Å². The van der Waals surface area contributed by atoms with Gasteiger partial charge in [-0.25, -0.2) is 0 Å². The van der Waals surface area contributed by atoms with Crippen LogP contribution in [0.3, 0.4) is 0 Å². The van der Waals surface area contributed by atoms with Gasteiger partial charge in [0.1, 0.15) is 0 Å². The Morgan fingerprint density at radius 3 is 2.69 bits per heavy atom. The average molecular weight is 220 g/mol. The Balaban J connectivity index is 1.94. The van der Waals surface area contributed by atoms with E-state index in [0.717, 1.165) is 24.3 Å². The summed E-state index contributed by atoms with van der Waals surface area (Å²) >= 11 is 0. The number of rotatable bonds is 5. The van der Waals surface area contributed by atoms with Crippen LogP contribution in [0.5, 0.6) is 0 Å². The highest BCUT2D eigenvalue weighted by Gasteiger charge is 2.41. The molecule has 1 aromatic carbocycles. The summed E-state index contributed by atoms with van der Waals surface area (Å²) in [5, 5.41) is 12.4. The van der Waals surface area contributed by atoms with Gasteiger partial charge in [-0.05, 0) is 55.4 Å². The van der Waals surface area contributed by atoms with Crippen molar-refractivity contribution in [3.63, 3.8) is 0 Å². The highest BCUT2D eigenvalue weighted by atomic mass is 16.3. The Morgan fingerprint density at radius 2 is 2.12 bits per heavy atom. The molecule has 88 valence electrons. The molecular weight excluding hydrogens is 200 g/mol. The van der Waals surface area contributed by atoms with Crippen LogP contribution in [0.2, 0.25) is 0 Å². The fourth-order valence-electron chi connectivity index (χ4n) is 2.13. The molecule has 0 unspecified atom stereocenters. The second-order valence-corrected chi connectivity index (χ2v) is 4.96. The smallest absolute Gasteiger partial charge is 0.0436 e. The van der Waals surface area contributed by atoms with E-state index in [1.807, 2.05) is 19.1 Å². The first-order valence-corrected chi connectivity index (χ1v) is 5.85. The molecular formula is C13H20N2O. The molecule has 1 aromatic rings. The van der Waals surface area contributed by atoms with Crippen LogP contribution in [0.15, 0.2) is 18.2 Å². The quantitative estimate of drug-likeness (QED) is 0.666. The Morgan fingerprint density at radius 1 is 1.38 bits per heavy atom. The zero-order chi connectivity index (χ0) is 11.6. The lowest BCUT2D eigenvalue weighted by atomic mass is 10.0. The van der Waals surface area contributed by atoms with Gasteiger partial charge in [-0.3, -0.25) is 0 Å². The summed E-state index contributed by atoms with van der Waals surface area (Å²) in [5.74, 6) is 0. The van der Waals surface area contributed by atoms with Crippen molar-refractivity contribution in [2.75, 3.05) is 24.2 Å². The van der Waals surface area contributed by atoms with Crippen molar-refractivity contribution in [1.82, 2.24) is 0 Å². The van der Waals surface area contributed by atoms with Crippen LogP contribution in [0, 0.1) is 12.3 Å². The molecule has 0 spiro atoms. The lowest BCUT2D eigenvalue weighted by Gasteiger charge is -2.16. The van der Waals surface area contributed by atoms with E-state index in [0.29, 0.717) is 5.41 Å². The van der Waals surface area contributed by atoms with Crippen molar-refractivity contribution in [3.8, 4) is 0 Å². The lowest BCUT2D eigenvalue weighted by molar-refractivity contribution is 0.253. The third kappa shape index (κ3) is 2.67. The second kappa shape index (κ2) is 4.34. The van der Waals surface area contributed by atoms with Gasteiger partial charge in [-0.15, -0.1) is 0 Å². The van der Waals surface area contributed by atoms with Gasteiger partial charge >= 0.3 is 0 Å². The summed E-state index contributed by atoms with van der Waals surface area (Å²) in [6.07, 6.45) is 3.35. The van der Waals surface area contributed by atoms with E-state index in [1.165, 1.54) is 18.4 Å². The monoisotopic (exact) mass is 220 g/mol. The van der Waals surface area contributed by atoms with E-state index in [1.54, 1.807) is 0 Å². The van der Waals surface area contributed by atoms with E-state index in [4.69, 9.17) is 10.8 Å². The molecule has 0 aromatic heterocycles. The molecule has 1 saturated carbocycles. The van der Waals surface area contributed by atoms with Crippen molar-refractivity contribution in [2.45, 2.75) is 26.2 Å². The van der Waals surface area contributed by atoms with Gasteiger partial charge in [0, 0.05) is 24.5 Å². The second-order valence-electron chi connectivity index (χ2n) is 4.96. The average Bonchev–Trinajstić information content (AvgIpc) is 2.95. The summed E-state index contributed by atoms with van der Waals surface area (Å²) in [4.78, 5) is 0. The maximum atomic E-state index is 8.98. The molecule has 4 N–H and O–H groups in total. The molecule has 0 atom stereocenters. The van der Waals surface area contributed by atoms with Crippen LogP contribution in [0.1, 0.15) is 24.8 Å². The number of anilines is 2. The largest absolute Gasteiger partial charge is 0.399 e. The van der Waals surface area contributed by atoms with E-state index < -0.39 is 0 Å². The Kier molecular flexibility index (Phi) is 3.06. The topological polar surface area (TPSA) is 58.3 Å². The van der Waals surface area contributed by atoms with Crippen LogP contribution in [0.25, 0.3) is 0 Å². The number of aryl methyl sites for hydroxylation is 1. The van der Waals surface area contributed by atoms with E-state index in [-0.39, 0.29) is 6.61 Å². The third-order valence-electron chi connectivity index (χ3n) is 3.37. The number of aliphatic hydroxyl groups excluding tert-OH is 1. The fraction of sp³-hybridized carbons (Fsp3) is 0.538. The summed E-state index contributed by atoms with van der Waals surface area (Å²) < 4.78 is 0. The summed E-state index contributed by atoms with van der Waals surface area (Å²) in [6, 6.07) is 6.03. The minimum absolute atomic E-state index is 0.289. The molecule has 0 saturated heterocycles. The Hall–Kier alpha value is -1.22. The van der Waals surface area contributed by atoms with Gasteiger partial charge in [0.25, 0.3) is 0 Å². The molecule has 3 heteroatoms. The molecule has 1 aliphatic rings. The van der Waals surface area contributed by atoms with Crippen LogP contribution in [0.4, 0.5) is 11.4 Å². The van der Waals surface area contributed by atoms with Gasteiger partial charge in [0.15, 0.2) is 0 Å². The molecule has 3 nitrogen and oxygen atoms in total. The van der Waals surface area contributed by atoms with Crippen molar-refractivity contribution in [2.24, 2.45) is 5.41 Å². The third-order valence-corrected chi connectivity index (χ3v) is 3.37. The summed E-state index contributed by atoms with van der Waals surface area (Å²) in [6.45, 7) is 3.27. The maximum Gasteiger partial charge on any atom is 0.0436 e. The SMILES string of the molecule is Cc1cc(N)cc(NCC2(CCO)CC2)c1. The normalized spacial score (nSPS) is 17.1. The number of hydrogen-bond acceptors (Lipinski definition) is 3. The summed E-state index contributed by atoms with van der Waals surface area (Å²) in [5.41, 5.74) is 9.19. The highest BCUT2D eigenvalue weighted by Crippen LogP contribution is 2.48. The van der Waals surface area contributed by atoms with Gasteiger partial charge in [-0.2, -0.15) is 0 Å². The van der Waals surface area contributed by atoms with Crippen molar-refractivity contribution >= 4 is 11.4 Å². The number of nitrogens with one attached hydrogen (secondary N) is 1. The predicted molar refractivity (Wildman–Crippen MR) is 67.5 cm³/mol. The number of nitrogens with two attached hydrogens (primary N) is 1. The number of aliphatic hydroxyl groups is 1. The van der Waals surface area contributed by atoms with Gasteiger partial charge in [0.05, 0.1) is 0 Å². The van der Waals surface area contributed by atoms with Gasteiger partial charge in [0.2, 0.25) is 0 Å². The Bertz CT molecular complexity index is 352. The first-order chi connectivity index (χ1) is 7.63. The predicted octanol–water partition coefficient (Wildman–Crippen LogP) is 2.15. The van der Waals surface area contributed by atoms with Crippen molar-refractivity contribution in [1.29, 1.82) is 0 Å². The van der Waals surface area contributed by atoms with Crippen LogP contribution in [-0.2, 0) is 0 Å². The molecule has 0 bridgehead atoms. The molecule has 0 heterocycles. The molecule has 1 fully saturated rings. The van der Waals surface area contributed by atoms with Crippen LogP contribution >= 0.6 is 0 Å². The molecule has 1 aliphatic carbocycles. The zero-order valence-corrected chi connectivity index (χ0v) is 9.79. The van der Waals surface area contributed by atoms with Gasteiger partial charge < -0.3 is 16.2 Å². The van der Waals surface area contributed by atoms with Crippen LogP contribution < -0.4 is 11.1 Å². The van der Waals surface area contributed by atoms with E-state index in [2.05, 4.69) is 11.4 Å². The van der Waals surface area contributed by atoms with Gasteiger partial charge in [-0.1, -0.05) is 0 Å². The minimum atomic E-state index is 0.289. The minimum Gasteiger partial charge on any atom is -0.399 e.